The SMILES string of the molecule is COc1cc(NC(=O)NCc2cc(C)n(-c3cccc(Cl)c3)c2C)cc(OC)c1OC. The minimum Gasteiger partial charge on any atom is -0.493 e. The summed E-state index contributed by atoms with van der Waals surface area (Å²) in [5.74, 6) is 1.38. The second-order valence-electron chi connectivity index (χ2n) is 6.93. The molecule has 1 heterocycles. The highest BCUT2D eigenvalue weighted by Gasteiger charge is 2.15. The number of amides is 2. The molecular weight excluding hydrogens is 418 g/mol. The number of nitrogens with one attached hydrogen (secondary N) is 2. The van der Waals surface area contributed by atoms with Crippen LogP contribution in [-0.4, -0.2) is 31.9 Å². The van der Waals surface area contributed by atoms with Gasteiger partial charge in [0.15, 0.2) is 11.5 Å². The molecule has 2 N–H and O–H groups in total. The second-order valence-corrected chi connectivity index (χ2v) is 7.37. The molecule has 0 radical (unpaired) electrons. The van der Waals surface area contributed by atoms with Crippen molar-refractivity contribution in [1.82, 2.24) is 9.88 Å². The van der Waals surface area contributed by atoms with Gasteiger partial charge in [0.25, 0.3) is 0 Å². The normalized spacial score (nSPS) is 10.5. The van der Waals surface area contributed by atoms with Crippen molar-refractivity contribution in [3.8, 4) is 22.9 Å². The summed E-state index contributed by atoms with van der Waals surface area (Å²) >= 11 is 6.14. The Bertz CT molecular complexity index is 1070. The first kappa shape index (κ1) is 22.4. The molecule has 31 heavy (non-hydrogen) atoms. The summed E-state index contributed by atoms with van der Waals surface area (Å²) in [6, 6.07) is 12.7. The zero-order valence-electron chi connectivity index (χ0n) is 18.2. The first-order valence-electron chi connectivity index (χ1n) is 9.66. The van der Waals surface area contributed by atoms with Gasteiger partial charge in [0.05, 0.1) is 27.0 Å². The van der Waals surface area contributed by atoms with Crippen LogP contribution in [0.15, 0.2) is 42.5 Å². The Morgan fingerprint density at radius 3 is 2.26 bits per heavy atom. The zero-order valence-corrected chi connectivity index (χ0v) is 19.0. The smallest absolute Gasteiger partial charge is 0.319 e. The molecule has 7 nitrogen and oxygen atoms in total. The van der Waals surface area contributed by atoms with E-state index in [1.54, 1.807) is 12.1 Å². The van der Waals surface area contributed by atoms with Crippen LogP contribution in [0.1, 0.15) is 17.0 Å². The van der Waals surface area contributed by atoms with Crippen LogP contribution in [0.4, 0.5) is 10.5 Å². The minimum atomic E-state index is -0.346. The highest BCUT2D eigenvalue weighted by molar-refractivity contribution is 6.30. The summed E-state index contributed by atoms with van der Waals surface area (Å²) in [6.45, 7) is 4.41. The lowest BCUT2D eigenvalue weighted by molar-refractivity contribution is 0.251. The van der Waals surface area contributed by atoms with Gasteiger partial charge in [-0.1, -0.05) is 17.7 Å². The summed E-state index contributed by atoms with van der Waals surface area (Å²) in [5, 5.41) is 6.37. The van der Waals surface area contributed by atoms with E-state index in [1.165, 1.54) is 21.3 Å². The summed E-state index contributed by atoms with van der Waals surface area (Å²) in [7, 11) is 4.58. The molecule has 1 aromatic heterocycles. The lowest BCUT2D eigenvalue weighted by Gasteiger charge is -2.15. The van der Waals surface area contributed by atoms with Gasteiger partial charge in [-0.05, 0) is 43.7 Å². The second kappa shape index (κ2) is 9.66. The molecule has 8 heteroatoms. The van der Waals surface area contributed by atoms with Crippen molar-refractivity contribution in [2.75, 3.05) is 26.6 Å². The number of aromatic nitrogens is 1. The van der Waals surface area contributed by atoms with Crippen LogP contribution in [0.3, 0.4) is 0 Å². The molecule has 0 aliphatic rings. The van der Waals surface area contributed by atoms with E-state index in [1.807, 2.05) is 38.1 Å². The largest absolute Gasteiger partial charge is 0.493 e. The predicted molar refractivity (Wildman–Crippen MR) is 122 cm³/mol. The van der Waals surface area contributed by atoms with Crippen molar-refractivity contribution in [1.29, 1.82) is 0 Å². The van der Waals surface area contributed by atoms with Gasteiger partial charge in [0, 0.05) is 40.8 Å². The Kier molecular flexibility index (Phi) is 6.97. The topological polar surface area (TPSA) is 73.8 Å². The van der Waals surface area contributed by atoms with E-state index in [-0.39, 0.29) is 6.03 Å². The average Bonchev–Trinajstić information content (AvgIpc) is 3.04. The van der Waals surface area contributed by atoms with E-state index in [9.17, 15) is 4.79 Å². The number of methoxy groups -OCH3 is 3. The number of carbonyl (C=O) groups is 1. The molecule has 0 saturated carbocycles. The first-order chi connectivity index (χ1) is 14.9. The van der Waals surface area contributed by atoms with Gasteiger partial charge in [-0.2, -0.15) is 0 Å². The lowest BCUT2D eigenvalue weighted by atomic mass is 10.2. The van der Waals surface area contributed by atoms with Crippen LogP contribution in [-0.2, 0) is 6.54 Å². The Morgan fingerprint density at radius 2 is 1.68 bits per heavy atom. The first-order valence-corrected chi connectivity index (χ1v) is 10.0. The Labute approximate surface area is 186 Å². The Balaban J connectivity index is 1.73. The monoisotopic (exact) mass is 443 g/mol. The predicted octanol–water partition coefficient (Wildman–Crippen LogP) is 5.10. The number of rotatable bonds is 7. The number of anilines is 1. The summed E-state index contributed by atoms with van der Waals surface area (Å²) in [6.07, 6.45) is 0. The van der Waals surface area contributed by atoms with Crippen LogP contribution in [0.5, 0.6) is 17.2 Å². The maximum absolute atomic E-state index is 12.5. The van der Waals surface area contributed by atoms with E-state index in [0.717, 1.165) is 22.6 Å². The number of urea groups is 1. The third kappa shape index (κ3) is 4.88. The summed E-state index contributed by atoms with van der Waals surface area (Å²) in [5.41, 5.74) is 4.61. The maximum atomic E-state index is 12.5. The van der Waals surface area contributed by atoms with Crippen molar-refractivity contribution < 1.29 is 19.0 Å². The molecule has 0 atom stereocenters. The highest BCUT2D eigenvalue weighted by atomic mass is 35.5. The van der Waals surface area contributed by atoms with Crippen molar-refractivity contribution in [3.05, 3.63) is 64.4 Å². The Morgan fingerprint density at radius 1 is 1.00 bits per heavy atom. The fourth-order valence-corrected chi connectivity index (χ4v) is 3.71. The standard InChI is InChI=1S/C23H26ClN3O4/c1-14-9-16(15(2)27(14)19-8-6-7-17(24)10-19)13-25-23(28)26-18-11-20(29-3)22(31-5)21(12-18)30-4/h6-12H,13H2,1-5H3,(H2,25,26,28). The van der Waals surface area contributed by atoms with Crippen molar-refractivity contribution in [3.63, 3.8) is 0 Å². The lowest BCUT2D eigenvalue weighted by Crippen LogP contribution is -2.28. The number of ether oxygens (including phenoxy) is 3. The van der Waals surface area contributed by atoms with Gasteiger partial charge in [0.1, 0.15) is 0 Å². The quantitative estimate of drug-likeness (QED) is 0.533. The van der Waals surface area contributed by atoms with Crippen molar-refractivity contribution >= 4 is 23.3 Å². The van der Waals surface area contributed by atoms with Crippen molar-refractivity contribution in [2.24, 2.45) is 0 Å². The molecule has 0 spiro atoms. The number of benzene rings is 2. The van der Waals surface area contributed by atoms with Crippen LogP contribution < -0.4 is 24.8 Å². The maximum Gasteiger partial charge on any atom is 0.319 e. The van der Waals surface area contributed by atoms with E-state index in [2.05, 4.69) is 21.3 Å². The average molecular weight is 444 g/mol. The molecule has 0 aliphatic carbocycles. The number of nitrogens with zero attached hydrogens (tertiary/aromatic N) is 1. The Hall–Kier alpha value is -3.32. The minimum absolute atomic E-state index is 0.346. The molecule has 0 fully saturated rings. The van der Waals surface area contributed by atoms with E-state index in [4.69, 9.17) is 25.8 Å². The molecule has 0 unspecified atom stereocenters. The number of carbonyl (C=O) groups excluding carboxylic acids is 1. The van der Waals surface area contributed by atoms with Crippen LogP contribution >= 0.6 is 11.6 Å². The zero-order chi connectivity index (χ0) is 22.5. The molecule has 0 aliphatic heterocycles. The molecule has 3 aromatic rings. The number of aryl methyl sites for hydroxylation is 1. The number of halogens is 1. The van der Waals surface area contributed by atoms with Gasteiger partial charge < -0.3 is 29.4 Å². The van der Waals surface area contributed by atoms with E-state index in [0.29, 0.717) is 34.5 Å². The van der Waals surface area contributed by atoms with Crippen molar-refractivity contribution in [2.45, 2.75) is 20.4 Å². The van der Waals surface area contributed by atoms with Gasteiger partial charge in [-0.15, -0.1) is 0 Å². The molecule has 0 saturated heterocycles. The fraction of sp³-hybridized carbons (Fsp3) is 0.261. The highest BCUT2D eigenvalue weighted by Crippen LogP contribution is 2.39. The van der Waals surface area contributed by atoms with Crippen LogP contribution in [0.25, 0.3) is 5.69 Å². The molecule has 0 bridgehead atoms. The van der Waals surface area contributed by atoms with Crippen LogP contribution in [0.2, 0.25) is 5.02 Å². The third-order valence-corrected chi connectivity index (χ3v) is 5.20. The molecule has 2 amide bonds. The van der Waals surface area contributed by atoms with Gasteiger partial charge in [0.2, 0.25) is 5.75 Å². The van der Waals surface area contributed by atoms with Gasteiger partial charge in [-0.3, -0.25) is 0 Å². The van der Waals surface area contributed by atoms with E-state index < -0.39 is 0 Å². The molecule has 3 rings (SSSR count). The summed E-state index contributed by atoms with van der Waals surface area (Å²) < 4.78 is 18.1. The van der Waals surface area contributed by atoms with Gasteiger partial charge >= 0.3 is 6.03 Å². The summed E-state index contributed by atoms with van der Waals surface area (Å²) in [4.78, 5) is 12.5. The fourth-order valence-electron chi connectivity index (χ4n) is 3.52. The molecule has 2 aromatic carbocycles. The molecule has 164 valence electrons. The third-order valence-electron chi connectivity index (χ3n) is 4.96. The number of hydrogen-bond donors (Lipinski definition) is 2. The van der Waals surface area contributed by atoms with E-state index >= 15 is 0 Å². The number of hydrogen-bond acceptors (Lipinski definition) is 4. The van der Waals surface area contributed by atoms with Crippen LogP contribution in [0, 0.1) is 13.8 Å². The molecular formula is C23H26ClN3O4. The van der Waals surface area contributed by atoms with Gasteiger partial charge in [-0.25, -0.2) is 4.79 Å².